The molecule has 0 aliphatic heterocycles. The van der Waals surface area contributed by atoms with Gasteiger partial charge in [-0.25, -0.2) is 4.79 Å². The van der Waals surface area contributed by atoms with Gasteiger partial charge in [0.05, 0.1) is 11.0 Å². The second-order valence-electron chi connectivity index (χ2n) is 5.37. The molecular weight excluding hydrogens is 342 g/mol. The highest BCUT2D eigenvalue weighted by Crippen LogP contribution is 2.18. The number of nitrogens with zero attached hydrogens (tertiary/aromatic N) is 1. The number of nitrogens with one attached hydrogen (secondary N) is 1. The molecule has 3 N–H and O–H groups in total. The van der Waals surface area contributed by atoms with E-state index in [0.717, 1.165) is 0 Å². The molecule has 0 saturated carbocycles. The first kappa shape index (κ1) is 18.9. The van der Waals surface area contributed by atoms with E-state index in [1.165, 1.54) is 24.3 Å². The van der Waals surface area contributed by atoms with Gasteiger partial charge in [0.25, 0.3) is 5.69 Å². The maximum Gasteiger partial charge on any atom is 0.514 e. The van der Waals surface area contributed by atoms with Crippen molar-refractivity contribution in [1.29, 1.82) is 0 Å². The van der Waals surface area contributed by atoms with Crippen molar-refractivity contribution < 1.29 is 24.0 Å². The Morgan fingerprint density at radius 2 is 1.77 bits per heavy atom. The Labute approximate surface area is 148 Å². The van der Waals surface area contributed by atoms with Crippen LogP contribution < -0.4 is 15.8 Å². The van der Waals surface area contributed by atoms with Crippen molar-refractivity contribution in [2.24, 2.45) is 5.73 Å². The average Bonchev–Trinajstić information content (AvgIpc) is 2.61. The van der Waals surface area contributed by atoms with Crippen molar-refractivity contribution in [2.75, 3.05) is 5.32 Å². The van der Waals surface area contributed by atoms with Crippen molar-refractivity contribution in [2.45, 2.75) is 19.6 Å². The molecule has 1 atom stereocenters. The molecule has 0 spiro atoms. The van der Waals surface area contributed by atoms with E-state index in [2.05, 4.69) is 5.32 Å². The molecule has 0 radical (unpaired) electrons. The van der Waals surface area contributed by atoms with Gasteiger partial charge in [-0.05, 0) is 36.8 Å². The van der Waals surface area contributed by atoms with E-state index in [1.807, 2.05) is 0 Å². The zero-order valence-corrected chi connectivity index (χ0v) is 13.9. The van der Waals surface area contributed by atoms with E-state index in [9.17, 15) is 19.7 Å². The quantitative estimate of drug-likeness (QED) is 0.350. The Morgan fingerprint density at radius 3 is 2.31 bits per heavy atom. The third kappa shape index (κ3) is 5.56. The summed E-state index contributed by atoms with van der Waals surface area (Å²) >= 11 is 0. The highest BCUT2D eigenvalue weighted by atomic mass is 16.7. The zero-order valence-electron chi connectivity index (χ0n) is 13.9. The standard InChI is InChI=1S/C17H17N3O6/c1-11(18)16(21)19-13-4-2-12(3-5-13)10-25-17(22)26-15-8-6-14(7-9-15)20(23)24/h2-9,11H,10,18H2,1H3,(H,19,21). The maximum absolute atomic E-state index is 11.6. The number of hydrogen-bond acceptors (Lipinski definition) is 7. The number of nitrogens with two attached hydrogens (primary N) is 1. The molecule has 0 saturated heterocycles. The van der Waals surface area contributed by atoms with Gasteiger partial charge < -0.3 is 20.5 Å². The highest BCUT2D eigenvalue weighted by molar-refractivity contribution is 5.94. The molecule has 26 heavy (non-hydrogen) atoms. The van der Waals surface area contributed by atoms with Crippen LogP contribution >= 0.6 is 0 Å². The molecule has 0 bridgehead atoms. The van der Waals surface area contributed by atoms with Crippen molar-refractivity contribution in [3.8, 4) is 5.75 Å². The Bertz CT molecular complexity index is 787. The Morgan fingerprint density at radius 1 is 1.15 bits per heavy atom. The number of rotatable bonds is 6. The predicted octanol–water partition coefficient (Wildman–Crippen LogP) is 2.60. The minimum absolute atomic E-state index is 0.0344. The maximum atomic E-state index is 11.6. The first-order chi connectivity index (χ1) is 12.3. The van der Waals surface area contributed by atoms with E-state index in [4.69, 9.17) is 15.2 Å². The smallest absolute Gasteiger partial charge is 0.429 e. The van der Waals surface area contributed by atoms with Crippen LogP contribution in [0.3, 0.4) is 0 Å². The summed E-state index contributed by atoms with van der Waals surface area (Å²) in [6, 6.07) is 11.1. The lowest BCUT2D eigenvalue weighted by Crippen LogP contribution is -2.32. The molecule has 1 amide bonds. The van der Waals surface area contributed by atoms with E-state index in [1.54, 1.807) is 31.2 Å². The van der Waals surface area contributed by atoms with E-state index in [0.29, 0.717) is 11.3 Å². The van der Waals surface area contributed by atoms with E-state index in [-0.39, 0.29) is 24.0 Å². The fourth-order valence-electron chi connectivity index (χ4n) is 1.84. The molecule has 0 fully saturated rings. The van der Waals surface area contributed by atoms with Crippen LogP contribution in [0.1, 0.15) is 12.5 Å². The fraction of sp³-hybridized carbons (Fsp3) is 0.176. The summed E-state index contributed by atoms with van der Waals surface area (Å²) in [4.78, 5) is 33.1. The Kier molecular flexibility index (Phi) is 6.23. The van der Waals surface area contributed by atoms with Crippen LogP contribution in [0.5, 0.6) is 5.75 Å². The minimum Gasteiger partial charge on any atom is -0.429 e. The lowest BCUT2D eigenvalue weighted by molar-refractivity contribution is -0.384. The molecule has 1 unspecified atom stereocenters. The van der Waals surface area contributed by atoms with Crippen LogP contribution in [0, 0.1) is 10.1 Å². The summed E-state index contributed by atoms with van der Waals surface area (Å²) in [7, 11) is 0. The number of nitro groups is 1. The lowest BCUT2D eigenvalue weighted by Gasteiger charge is -2.09. The molecule has 9 nitrogen and oxygen atoms in total. The first-order valence-corrected chi connectivity index (χ1v) is 7.59. The number of ether oxygens (including phenoxy) is 2. The Hall–Kier alpha value is -3.46. The van der Waals surface area contributed by atoms with Gasteiger partial charge in [0, 0.05) is 17.8 Å². The van der Waals surface area contributed by atoms with Gasteiger partial charge in [0.1, 0.15) is 12.4 Å². The average molecular weight is 359 g/mol. The molecule has 136 valence electrons. The van der Waals surface area contributed by atoms with E-state index >= 15 is 0 Å². The number of nitro benzene ring substituents is 1. The van der Waals surface area contributed by atoms with Crippen LogP contribution in [-0.4, -0.2) is 23.0 Å². The van der Waals surface area contributed by atoms with Gasteiger partial charge >= 0.3 is 6.16 Å². The van der Waals surface area contributed by atoms with Gasteiger partial charge in [0.15, 0.2) is 0 Å². The summed E-state index contributed by atoms with van der Waals surface area (Å²) in [6.45, 7) is 1.54. The molecule has 2 aromatic carbocycles. The van der Waals surface area contributed by atoms with Gasteiger partial charge in [-0.2, -0.15) is 0 Å². The number of carbonyl (C=O) groups is 2. The number of non-ortho nitro benzene ring substituents is 1. The van der Waals surface area contributed by atoms with Crippen LogP contribution in [0.4, 0.5) is 16.2 Å². The number of carbonyl (C=O) groups excluding carboxylic acids is 2. The van der Waals surface area contributed by atoms with Crippen LogP contribution in [0.2, 0.25) is 0 Å². The summed E-state index contributed by atoms with van der Waals surface area (Å²) in [5.41, 5.74) is 6.61. The topological polar surface area (TPSA) is 134 Å². The number of anilines is 1. The zero-order chi connectivity index (χ0) is 19.1. The summed E-state index contributed by atoms with van der Waals surface area (Å²) in [5, 5.41) is 13.2. The lowest BCUT2D eigenvalue weighted by atomic mass is 10.2. The van der Waals surface area contributed by atoms with Crippen molar-refractivity contribution in [3.63, 3.8) is 0 Å². The SMILES string of the molecule is CC(N)C(=O)Nc1ccc(COC(=O)Oc2ccc([N+](=O)[O-])cc2)cc1. The number of hydrogen-bond donors (Lipinski definition) is 2. The van der Waals surface area contributed by atoms with Gasteiger partial charge in [-0.15, -0.1) is 0 Å². The molecular formula is C17H17N3O6. The van der Waals surface area contributed by atoms with Crippen molar-refractivity contribution in [1.82, 2.24) is 0 Å². The van der Waals surface area contributed by atoms with Crippen molar-refractivity contribution >= 4 is 23.4 Å². The molecule has 9 heteroatoms. The second kappa shape index (κ2) is 8.58. The summed E-state index contributed by atoms with van der Waals surface area (Å²) in [6.07, 6.45) is -0.937. The number of benzene rings is 2. The van der Waals surface area contributed by atoms with Crippen molar-refractivity contribution in [3.05, 3.63) is 64.2 Å². The second-order valence-corrected chi connectivity index (χ2v) is 5.37. The summed E-state index contributed by atoms with van der Waals surface area (Å²) in [5.74, 6) is -0.171. The normalized spacial score (nSPS) is 11.3. The predicted molar refractivity (Wildman–Crippen MR) is 92.6 cm³/mol. The molecule has 0 aliphatic carbocycles. The highest BCUT2D eigenvalue weighted by Gasteiger charge is 2.10. The summed E-state index contributed by atoms with van der Waals surface area (Å²) < 4.78 is 9.89. The minimum atomic E-state index is -0.937. The third-order valence-electron chi connectivity index (χ3n) is 3.24. The van der Waals surface area contributed by atoms with Crippen LogP contribution in [-0.2, 0) is 16.1 Å². The first-order valence-electron chi connectivity index (χ1n) is 7.59. The monoisotopic (exact) mass is 359 g/mol. The molecule has 2 aromatic rings. The Balaban J connectivity index is 1.83. The number of amides is 1. The third-order valence-corrected chi connectivity index (χ3v) is 3.24. The molecule has 0 aliphatic rings. The molecule has 0 aromatic heterocycles. The largest absolute Gasteiger partial charge is 0.514 e. The molecule has 0 heterocycles. The molecule has 2 rings (SSSR count). The fourth-order valence-corrected chi connectivity index (χ4v) is 1.84. The van der Waals surface area contributed by atoms with Gasteiger partial charge in [-0.3, -0.25) is 14.9 Å². The van der Waals surface area contributed by atoms with E-state index < -0.39 is 17.1 Å². The van der Waals surface area contributed by atoms with Gasteiger partial charge in [0.2, 0.25) is 5.91 Å². The van der Waals surface area contributed by atoms with Gasteiger partial charge in [-0.1, -0.05) is 12.1 Å². The van der Waals surface area contributed by atoms with Crippen LogP contribution in [0.25, 0.3) is 0 Å². The van der Waals surface area contributed by atoms with Crippen LogP contribution in [0.15, 0.2) is 48.5 Å².